The third-order valence-electron chi connectivity index (χ3n) is 2.62. The number of amides is 1. The first kappa shape index (κ1) is 12.0. The topological polar surface area (TPSA) is 90.5 Å². The molecule has 1 N–H and O–H groups in total. The number of carbonyl (C=O) groups excluding carboxylic acids is 1. The Morgan fingerprint density at radius 1 is 1.25 bits per heavy atom. The summed E-state index contributed by atoms with van der Waals surface area (Å²) in [5.74, 6) is -0.191. The number of benzene rings is 1. The molecule has 100 valence electrons. The van der Waals surface area contributed by atoms with E-state index in [1.54, 1.807) is 10.9 Å². The SMILES string of the molecule is O=C(Cn1cnnn1)Nc1ccc(-n2cccn2)cc1. The van der Waals surface area contributed by atoms with Crippen LogP contribution in [-0.2, 0) is 11.3 Å². The first-order valence-corrected chi connectivity index (χ1v) is 5.92. The van der Waals surface area contributed by atoms with Gasteiger partial charge in [0, 0.05) is 18.1 Å². The van der Waals surface area contributed by atoms with Gasteiger partial charge in [-0.15, -0.1) is 5.10 Å². The Kier molecular flexibility index (Phi) is 3.19. The minimum atomic E-state index is -0.191. The molecule has 2 aromatic heterocycles. The van der Waals surface area contributed by atoms with Gasteiger partial charge in [0.05, 0.1) is 5.69 Å². The summed E-state index contributed by atoms with van der Waals surface area (Å²) in [6, 6.07) is 9.23. The van der Waals surface area contributed by atoms with Gasteiger partial charge in [0.2, 0.25) is 5.91 Å². The number of aromatic nitrogens is 6. The fraction of sp³-hybridized carbons (Fsp3) is 0.0833. The molecule has 1 aromatic carbocycles. The van der Waals surface area contributed by atoms with Gasteiger partial charge < -0.3 is 5.32 Å². The molecule has 0 aliphatic carbocycles. The molecule has 0 bridgehead atoms. The van der Waals surface area contributed by atoms with Crippen LogP contribution >= 0.6 is 0 Å². The van der Waals surface area contributed by atoms with Crippen LogP contribution < -0.4 is 5.32 Å². The fourth-order valence-corrected chi connectivity index (χ4v) is 1.72. The maximum absolute atomic E-state index is 11.7. The van der Waals surface area contributed by atoms with E-state index < -0.39 is 0 Å². The van der Waals surface area contributed by atoms with Gasteiger partial charge in [-0.1, -0.05) is 0 Å². The van der Waals surface area contributed by atoms with Crippen LogP contribution in [0.5, 0.6) is 0 Å². The highest BCUT2D eigenvalue weighted by Gasteiger charge is 2.04. The standard InChI is InChI=1S/C12H11N7O/c20-12(8-18-9-13-16-17-18)15-10-2-4-11(5-3-10)19-7-1-6-14-19/h1-7,9H,8H2,(H,15,20). The number of rotatable bonds is 4. The summed E-state index contributed by atoms with van der Waals surface area (Å²) in [7, 11) is 0. The Morgan fingerprint density at radius 3 is 2.75 bits per heavy atom. The molecule has 8 nitrogen and oxygen atoms in total. The second-order valence-corrected chi connectivity index (χ2v) is 4.05. The predicted molar refractivity (Wildman–Crippen MR) is 70.0 cm³/mol. The van der Waals surface area contributed by atoms with Gasteiger partial charge in [-0.05, 0) is 40.8 Å². The summed E-state index contributed by atoms with van der Waals surface area (Å²) in [4.78, 5) is 11.7. The van der Waals surface area contributed by atoms with E-state index in [-0.39, 0.29) is 12.5 Å². The van der Waals surface area contributed by atoms with Crippen LogP contribution in [0.4, 0.5) is 5.69 Å². The molecular weight excluding hydrogens is 258 g/mol. The predicted octanol–water partition coefficient (Wildman–Crippen LogP) is 0.497. The third-order valence-corrected chi connectivity index (χ3v) is 2.62. The van der Waals surface area contributed by atoms with E-state index in [1.165, 1.54) is 11.0 Å². The molecule has 0 saturated carbocycles. The van der Waals surface area contributed by atoms with Crippen molar-refractivity contribution in [3.8, 4) is 5.69 Å². The van der Waals surface area contributed by atoms with Gasteiger partial charge in [-0.3, -0.25) is 4.79 Å². The summed E-state index contributed by atoms with van der Waals surface area (Å²) in [5.41, 5.74) is 1.63. The number of anilines is 1. The molecule has 0 radical (unpaired) electrons. The van der Waals surface area contributed by atoms with E-state index in [0.29, 0.717) is 5.69 Å². The van der Waals surface area contributed by atoms with Gasteiger partial charge in [0.15, 0.2) is 0 Å². The molecule has 3 aromatic rings. The molecule has 20 heavy (non-hydrogen) atoms. The average Bonchev–Trinajstić information content (AvgIpc) is 3.12. The van der Waals surface area contributed by atoms with Crippen molar-refractivity contribution in [1.29, 1.82) is 0 Å². The van der Waals surface area contributed by atoms with Crippen LogP contribution in [0.3, 0.4) is 0 Å². The number of tetrazole rings is 1. The van der Waals surface area contributed by atoms with Crippen molar-refractivity contribution in [2.24, 2.45) is 0 Å². The second-order valence-electron chi connectivity index (χ2n) is 4.05. The average molecular weight is 269 g/mol. The third kappa shape index (κ3) is 2.69. The maximum atomic E-state index is 11.7. The number of nitrogens with zero attached hydrogens (tertiary/aromatic N) is 6. The van der Waals surface area contributed by atoms with Crippen molar-refractivity contribution in [3.63, 3.8) is 0 Å². The largest absolute Gasteiger partial charge is 0.324 e. The van der Waals surface area contributed by atoms with Crippen molar-refractivity contribution < 1.29 is 4.79 Å². The molecule has 0 saturated heterocycles. The minimum Gasteiger partial charge on any atom is -0.324 e. The highest BCUT2D eigenvalue weighted by molar-refractivity contribution is 5.90. The quantitative estimate of drug-likeness (QED) is 0.744. The van der Waals surface area contributed by atoms with Gasteiger partial charge in [-0.25, -0.2) is 9.36 Å². The number of carbonyl (C=O) groups is 1. The van der Waals surface area contributed by atoms with E-state index in [0.717, 1.165) is 5.69 Å². The molecule has 0 aliphatic rings. The minimum absolute atomic E-state index is 0.0773. The highest BCUT2D eigenvalue weighted by Crippen LogP contribution is 2.12. The van der Waals surface area contributed by atoms with Crippen LogP contribution in [0, 0.1) is 0 Å². The molecule has 2 heterocycles. The van der Waals surface area contributed by atoms with Gasteiger partial charge >= 0.3 is 0 Å². The molecule has 0 unspecified atom stereocenters. The van der Waals surface area contributed by atoms with E-state index in [1.807, 2.05) is 36.5 Å². The lowest BCUT2D eigenvalue weighted by Gasteiger charge is -2.06. The highest BCUT2D eigenvalue weighted by atomic mass is 16.2. The summed E-state index contributed by atoms with van der Waals surface area (Å²) in [6.07, 6.45) is 4.95. The zero-order valence-corrected chi connectivity index (χ0v) is 10.4. The molecule has 0 fully saturated rings. The Hall–Kier alpha value is -3.03. The van der Waals surface area contributed by atoms with Gasteiger partial charge in [0.25, 0.3) is 0 Å². The summed E-state index contributed by atoms with van der Waals surface area (Å²) < 4.78 is 3.10. The Morgan fingerprint density at radius 2 is 2.10 bits per heavy atom. The Labute approximate surface area is 114 Å². The molecule has 0 spiro atoms. The lowest BCUT2D eigenvalue weighted by Crippen LogP contribution is -2.19. The monoisotopic (exact) mass is 269 g/mol. The van der Waals surface area contributed by atoms with E-state index in [4.69, 9.17) is 0 Å². The number of hydrogen-bond donors (Lipinski definition) is 1. The van der Waals surface area contributed by atoms with E-state index >= 15 is 0 Å². The van der Waals surface area contributed by atoms with E-state index in [2.05, 4.69) is 25.9 Å². The molecule has 0 aliphatic heterocycles. The number of nitrogens with one attached hydrogen (secondary N) is 1. The normalized spacial score (nSPS) is 10.4. The Bertz CT molecular complexity index is 673. The van der Waals surface area contributed by atoms with E-state index in [9.17, 15) is 4.79 Å². The van der Waals surface area contributed by atoms with Crippen molar-refractivity contribution in [2.45, 2.75) is 6.54 Å². The van der Waals surface area contributed by atoms with Crippen LogP contribution in [0.15, 0.2) is 49.1 Å². The first-order chi connectivity index (χ1) is 9.81. The first-order valence-electron chi connectivity index (χ1n) is 5.92. The molecular formula is C12H11N7O. The summed E-state index contributed by atoms with van der Waals surface area (Å²) in [6.45, 7) is 0.0773. The summed E-state index contributed by atoms with van der Waals surface area (Å²) >= 11 is 0. The van der Waals surface area contributed by atoms with Gasteiger partial charge in [-0.2, -0.15) is 5.10 Å². The number of hydrogen-bond acceptors (Lipinski definition) is 5. The zero-order chi connectivity index (χ0) is 13.8. The molecule has 3 rings (SSSR count). The van der Waals surface area contributed by atoms with Crippen molar-refractivity contribution in [2.75, 3.05) is 5.32 Å². The lowest BCUT2D eigenvalue weighted by molar-refractivity contribution is -0.116. The lowest BCUT2D eigenvalue weighted by atomic mass is 10.3. The maximum Gasteiger partial charge on any atom is 0.246 e. The van der Waals surface area contributed by atoms with Crippen molar-refractivity contribution in [1.82, 2.24) is 30.0 Å². The van der Waals surface area contributed by atoms with Crippen LogP contribution in [0.1, 0.15) is 0 Å². The summed E-state index contributed by atoms with van der Waals surface area (Å²) in [5, 5.41) is 17.5. The van der Waals surface area contributed by atoms with Crippen LogP contribution in [0.25, 0.3) is 5.69 Å². The smallest absolute Gasteiger partial charge is 0.246 e. The Balaban J connectivity index is 1.65. The van der Waals surface area contributed by atoms with Crippen molar-refractivity contribution >= 4 is 11.6 Å². The second kappa shape index (κ2) is 5.31. The molecule has 8 heteroatoms. The van der Waals surface area contributed by atoms with Crippen LogP contribution in [-0.4, -0.2) is 35.9 Å². The zero-order valence-electron chi connectivity index (χ0n) is 10.4. The fourth-order valence-electron chi connectivity index (χ4n) is 1.72. The van der Waals surface area contributed by atoms with Crippen LogP contribution in [0.2, 0.25) is 0 Å². The molecule has 0 atom stereocenters. The van der Waals surface area contributed by atoms with Gasteiger partial charge in [0.1, 0.15) is 12.9 Å². The van der Waals surface area contributed by atoms with Crippen molar-refractivity contribution in [3.05, 3.63) is 49.1 Å². The molecule has 1 amide bonds.